The van der Waals surface area contributed by atoms with Gasteiger partial charge < -0.3 is 15.4 Å². The summed E-state index contributed by atoms with van der Waals surface area (Å²) in [6.45, 7) is 3.23. The van der Waals surface area contributed by atoms with Crippen molar-refractivity contribution < 1.29 is 9.53 Å². The topological polar surface area (TPSA) is 63.2 Å². The van der Waals surface area contributed by atoms with Crippen LogP contribution in [0.15, 0.2) is 34.9 Å². The number of hydrogen-bond donors (Lipinski definition) is 2. The predicted octanol–water partition coefficient (Wildman–Crippen LogP) is 3.23. The number of thiazole rings is 1. The van der Waals surface area contributed by atoms with Crippen molar-refractivity contribution in [2.45, 2.75) is 25.5 Å². The fourth-order valence-electron chi connectivity index (χ4n) is 2.46. The smallest absolute Gasteiger partial charge is 0.245 e. The highest BCUT2D eigenvalue weighted by Crippen LogP contribution is 2.22. The monoisotopic (exact) mass is 431 g/mol. The van der Waals surface area contributed by atoms with Gasteiger partial charge in [0.05, 0.1) is 12.7 Å². The molecule has 1 aliphatic heterocycles. The fraction of sp³-hybridized carbons (Fsp3) is 0.375. The Morgan fingerprint density at radius 1 is 1.46 bits per heavy atom. The molecule has 2 N–H and O–H groups in total. The number of carbonyl (C=O) groups excluding carboxylic acids is 1. The molecule has 1 amide bonds. The van der Waals surface area contributed by atoms with Crippen LogP contribution in [0.5, 0.6) is 0 Å². The summed E-state index contributed by atoms with van der Waals surface area (Å²) in [7, 11) is 0. The Kier molecular flexibility index (Phi) is 7.18. The van der Waals surface area contributed by atoms with Crippen molar-refractivity contribution in [2.24, 2.45) is 0 Å². The number of morpholine rings is 1. The summed E-state index contributed by atoms with van der Waals surface area (Å²) in [4.78, 5) is 17.7. The van der Waals surface area contributed by atoms with Crippen LogP contribution >= 0.6 is 39.7 Å². The zero-order chi connectivity index (χ0) is 16.2. The third kappa shape index (κ3) is 5.00. The van der Waals surface area contributed by atoms with Gasteiger partial charge in [-0.25, -0.2) is 4.98 Å². The quantitative estimate of drug-likeness (QED) is 0.778. The molecule has 0 spiro atoms. The molecule has 0 bridgehead atoms. The van der Waals surface area contributed by atoms with Crippen LogP contribution in [0.25, 0.3) is 0 Å². The van der Waals surface area contributed by atoms with Gasteiger partial charge in [0.25, 0.3) is 0 Å². The lowest BCUT2D eigenvalue weighted by Gasteiger charge is -2.28. The van der Waals surface area contributed by atoms with Crippen LogP contribution in [0.4, 0.5) is 5.13 Å². The summed E-state index contributed by atoms with van der Waals surface area (Å²) < 4.78 is 6.56. The number of anilines is 1. The van der Waals surface area contributed by atoms with E-state index in [2.05, 4.69) is 43.7 Å². The van der Waals surface area contributed by atoms with E-state index in [-0.39, 0.29) is 30.5 Å². The number of nitrogens with one attached hydrogen (secondary N) is 2. The second-order valence-corrected chi connectivity index (χ2v) is 7.46. The third-order valence-corrected chi connectivity index (χ3v) is 5.12. The Morgan fingerprint density at radius 2 is 2.21 bits per heavy atom. The molecule has 1 saturated heterocycles. The first kappa shape index (κ1) is 19.3. The van der Waals surface area contributed by atoms with Gasteiger partial charge in [-0.2, -0.15) is 0 Å². The van der Waals surface area contributed by atoms with Crippen molar-refractivity contribution in [2.75, 3.05) is 18.5 Å². The lowest BCUT2D eigenvalue weighted by molar-refractivity contribution is -0.123. The van der Waals surface area contributed by atoms with Crippen LogP contribution in [0.1, 0.15) is 17.4 Å². The van der Waals surface area contributed by atoms with Crippen molar-refractivity contribution in [3.8, 4) is 0 Å². The largest absolute Gasteiger partial charge is 0.375 e. The Balaban J connectivity index is 0.00000208. The molecule has 3 rings (SSSR count). The zero-order valence-electron chi connectivity index (χ0n) is 13.1. The molecule has 24 heavy (non-hydrogen) atoms. The van der Waals surface area contributed by atoms with Gasteiger partial charge in [0, 0.05) is 28.5 Å². The summed E-state index contributed by atoms with van der Waals surface area (Å²) in [5.74, 6) is -0.0956. The van der Waals surface area contributed by atoms with E-state index in [0.717, 1.165) is 15.8 Å². The summed E-state index contributed by atoms with van der Waals surface area (Å²) in [6, 6.07) is 7.87. The number of rotatable bonds is 4. The maximum Gasteiger partial charge on any atom is 0.245 e. The van der Waals surface area contributed by atoms with Gasteiger partial charge in [-0.15, -0.1) is 23.7 Å². The Labute approximate surface area is 159 Å². The second-order valence-electron chi connectivity index (χ2n) is 5.43. The molecule has 1 aromatic carbocycles. The minimum atomic E-state index is -0.331. The van der Waals surface area contributed by atoms with E-state index in [1.54, 1.807) is 0 Å². The SMILES string of the molecule is C[C@H]1OCCN[C@@H]1C(=O)Nc1ncc(Cc2ccc(Br)cc2)s1.Cl. The molecular formula is C16H19BrClN3O2S. The van der Waals surface area contributed by atoms with Crippen LogP contribution in [0.3, 0.4) is 0 Å². The van der Waals surface area contributed by atoms with E-state index < -0.39 is 0 Å². The summed E-state index contributed by atoms with van der Waals surface area (Å²) in [5.41, 5.74) is 1.21. The maximum absolute atomic E-state index is 12.3. The fourth-order valence-corrected chi connectivity index (χ4v) is 3.57. The molecule has 0 radical (unpaired) electrons. The Hall–Kier alpha value is -0.990. The van der Waals surface area contributed by atoms with Crippen LogP contribution in [0, 0.1) is 0 Å². The number of amides is 1. The van der Waals surface area contributed by atoms with Gasteiger partial charge in [0.2, 0.25) is 5.91 Å². The molecule has 130 valence electrons. The molecular weight excluding hydrogens is 414 g/mol. The maximum atomic E-state index is 12.3. The lowest BCUT2D eigenvalue weighted by atomic mass is 10.1. The average molecular weight is 433 g/mol. The van der Waals surface area contributed by atoms with E-state index in [4.69, 9.17) is 4.74 Å². The molecule has 0 saturated carbocycles. The summed E-state index contributed by atoms with van der Waals surface area (Å²) >= 11 is 4.93. The minimum Gasteiger partial charge on any atom is -0.375 e. The number of hydrogen-bond acceptors (Lipinski definition) is 5. The second kappa shape index (κ2) is 8.92. The molecule has 1 aromatic heterocycles. The minimum absolute atomic E-state index is 0. The zero-order valence-corrected chi connectivity index (χ0v) is 16.3. The van der Waals surface area contributed by atoms with Gasteiger partial charge in [0.1, 0.15) is 6.04 Å². The highest BCUT2D eigenvalue weighted by atomic mass is 79.9. The van der Waals surface area contributed by atoms with Crippen molar-refractivity contribution in [3.63, 3.8) is 0 Å². The first-order valence-corrected chi connectivity index (χ1v) is 9.08. The number of halogens is 2. The normalized spacial score (nSPS) is 20.2. The van der Waals surface area contributed by atoms with Gasteiger partial charge in [-0.05, 0) is 24.6 Å². The van der Waals surface area contributed by atoms with Gasteiger partial charge in [-0.3, -0.25) is 4.79 Å². The van der Waals surface area contributed by atoms with Crippen molar-refractivity contribution >= 4 is 50.7 Å². The molecule has 0 unspecified atom stereocenters. The number of ether oxygens (including phenoxy) is 1. The first-order valence-electron chi connectivity index (χ1n) is 7.47. The molecule has 1 fully saturated rings. The number of aromatic nitrogens is 1. The van der Waals surface area contributed by atoms with Gasteiger partial charge in [-0.1, -0.05) is 28.1 Å². The summed E-state index contributed by atoms with van der Waals surface area (Å²) in [6.07, 6.45) is 2.49. The van der Waals surface area contributed by atoms with Crippen molar-refractivity contribution in [1.82, 2.24) is 10.3 Å². The molecule has 8 heteroatoms. The third-order valence-electron chi connectivity index (χ3n) is 3.67. The predicted molar refractivity (Wildman–Crippen MR) is 102 cm³/mol. The van der Waals surface area contributed by atoms with E-state index in [0.29, 0.717) is 18.3 Å². The standard InChI is InChI=1S/C16H18BrN3O2S.ClH/c1-10-14(18-6-7-22-10)15(21)20-16-19-9-13(23-16)8-11-2-4-12(17)5-3-11;/h2-5,9-10,14,18H,6-8H2,1H3,(H,19,20,21);1H/t10-,14+;/m1./s1. The van der Waals surface area contributed by atoms with E-state index in [1.165, 1.54) is 16.9 Å². The molecule has 1 aliphatic rings. The highest BCUT2D eigenvalue weighted by molar-refractivity contribution is 9.10. The molecule has 5 nitrogen and oxygen atoms in total. The van der Waals surface area contributed by atoms with Crippen molar-refractivity contribution in [3.05, 3.63) is 45.4 Å². The van der Waals surface area contributed by atoms with Gasteiger partial charge in [0.15, 0.2) is 5.13 Å². The number of benzene rings is 1. The molecule has 0 aliphatic carbocycles. The summed E-state index contributed by atoms with van der Waals surface area (Å²) in [5, 5.41) is 6.68. The van der Waals surface area contributed by atoms with E-state index in [9.17, 15) is 4.79 Å². The van der Waals surface area contributed by atoms with Gasteiger partial charge >= 0.3 is 0 Å². The van der Waals surface area contributed by atoms with E-state index >= 15 is 0 Å². The van der Waals surface area contributed by atoms with Crippen LogP contribution in [-0.2, 0) is 16.0 Å². The highest BCUT2D eigenvalue weighted by Gasteiger charge is 2.28. The number of nitrogens with zero attached hydrogens (tertiary/aromatic N) is 1. The molecule has 2 heterocycles. The van der Waals surface area contributed by atoms with Crippen LogP contribution in [0.2, 0.25) is 0 Å². The first-order chi connectivity index (χ1) is 11.1. The molecule has 2 aromatic rings. The Morgan fingerprint density at radius 3 is 2.92 bits per heavy atom. The Bertz CT molecular complexity index is 680. The average Bonchev–Trinajstić information content (AvgIpc) is 2.97. The van der Waals surface area contributed by atoms with Crippen LogP contribution < -0.4 is 10.6 Å². The number of carbonyl (C=O) groups is 1. The van der Waals surface area contributed by atoms with E-state index in [1.807, 2.05) is 25.3 Å². The molecule has 2 atom stereocenters. The van der Waals surface area contributed by atoms with Crippen molar-refractivity contribution in [1.29, 1.82) is 0 Å². The van der Waals surface area contributed by atoms with Crippen LogP contribution in [-0.4, -0.2) is 36.2 Å². The lowest BCUT2D eigenvalue weighted by Crippen LogP contribution is -2.53.